The van der Waals surface area contributed by atoms with E-state index in [1.807, 2.05) is 0 Å². The molecule has 0 spiro atoms. The summed E-state index contributed by atoms with van der Waals surface area (Å²) >= 11 is 0. The maximum Gasteiger partial charge on any atom is 0.252 e. The van der Waals surface area contributed by atoms with Crippen LogP contribution in [0, 0.1) is 0 Å². The van der Waals surface area contributed by atoms with E-state index in [0.717, 1.165) is 0 Å². The van der Waals surface area contributed by atoms with Crippen LogP contribution in [0.15, 0.2) is 48.5 Å². The second-order valence-electron chi connectivity index (χ2n) is 4.50. The molecule has 0 unspecified atom stereocenters. The van der Waals surface area contributed by atoms with Gasteiger partial charge in [-0.1, -0.05) is 42.5 Å². The highest BCUT2D eigenvalue weighted by Crippen LogP contribution is 2.09. The first kappa shape index (κ1) is 15.2. The Labute approximate surface area is 126 Å². The standard InChI is InChI=1S/C16H13NO5/c18-14(12-3-1-2-4-13(12)16(21)22)17-9-10-5-7-11(8-6-10)15(19)20/h1-8H,9H2,(H,17,18)(H,19,20)(H,21,22)/p-2. The van der Waals surface area contributed by atoms with Crippen molar-refractivity contribution in [3.63, 3.8) is 0 Å². The molecule has 1 N–H and O–H groups in total. The van der Waals surface area contributed by atoms with Gasteiger partial charge in [0.05, 0.1) is 11.9 Å². The summed E-state index contributed by atoms with van der Waals surface area (Å²) in [7, 11) is 0. The molecule has 0 radical (unpaired) electrons. The van der Waals surface area contributed by atoms with Crippen LogP contribution in [0.4, 0.5) is 0 Å². The number of carboxylic acids is 2. The van der Waals surface area contributed by atoms with Crippen LogP contribution >= 0.6 is 0 Å². The Hall–Kier alpha value is -3.15. The monoisotopic (exact) mass is 297 g/mol. The first-order chi connectivity index (χ1) is 10.5. The minimum Gasteiger partial charge on any atom is -0.545 e. The molecule has 2 rings (SSSR count). The van der Waals surface area contributed by atoms with Crippen LogP contribution in [-0.4, -0.2) is 17.8 Å². The number of amides is 1. The van der Waals surface area contributed by atoms with Gasteiger partial charge in [-0.2, -0.15) is 0 Å². The lowest BCUT2D eigenvalue weighted by atomic mass is 10.1. The lowest BCUT2D eigenvalue weighted by Gasteiger charge is -2.11. The Kier molecular flexibility index (Phi) is 4.53. The SMILES string of the molecule is O=C([O-])c1ccc(CNC(=O)c2ccccc2C(=O)[O-])cc1. The zero-order valence-electron chi connectivity index (χ0n) is 11.4. The number of carboxylic acid groups (broad SMARTS) is 2. The molecule has 22 heavy (non-hydrogen) atoms. The van der Waals surface area contributed by atoms with Crippen molar-refractivity contribution in [3.8, 4) is 0 Å². The lowest BCUT2D eigenvalue weighted by Crippen LogP contribution is -2.29. The molecule has 112 valence electrons. The van der Waals surface area contributed by atoms with Crippen molar-refractivity contribution >= 4 is 17.8 Å². The van der Waals surface area contributed by atoms with Crippen LogP contribution in [-0.2, 0) is 6.54 Å². The summed E-state index contributed by atoms with van der Waals surface area (Å²) in [6.45, 7) is 0.132. The van der Waals surface area contributed by atoms with Crippen molar-refractivity contribution in [1.82, 2.24) is 5.32 Å². The maximum absolute atomic E-state index is 12.0. The molecule has 0 saturated heterocycles. The molecule has 0 heterocycles. The summed E-state index contributed by atoms with van der Waals surface area (Å²) in [4.78, 5) is 33.6. The number of rotatable bonds is 5. The molecule has 0 fully saturated rings. The van der Waals surface area contributed by atoms with Crippen LogP contribution in [0.2, 0.25) is 0 Å². The third-order valence-corrected chi connectivity index (χ3v) is 3.03. The van der Waals surface area contributed by atoms with Gasteiger partial charge < -0.3 is 25.1 Å². The van der Waals surface area contributed by atoms with E-state index < -0.39 is 17.8 Å². The molecule has 0 aliphatic carbocycles. The molecule has 0 bridgehead atoms. The second-order valence-corrected chi connectivity index (χ2v) is 4.50. The Morgan fingerprint density at radius 3 is 1.95 bits per heavy atom. The van der Waals surface area contributed by atoms with Crippen molar-refractivity contribution in [3.05, 3.63) is 70.8 Å². The van der Waals surface area contributed by atoms with Crippen molar-refractivity contribution < 1.29 is 24.6 Å². The van der Waals surface area contributed by atoms with E-state index >= 15 is 0 Å². The van der Waals surface area contributed by atoms with Crippen molar-refractivity contribution in [2.45, 2.75) is 6.54 Å². The molecule has 6 nitrogen and oxygen atoms in total. The van der Waals surface area contributed by atoms with Crippen molar-refractivity contribution in [1.29, 1.82) is 0 Å². The fourth-order valence-corrected chi connectivity index (χ4v) is 1.90. The number of aromatic carboxylic acids is 2. The molecule has 1 amide bonds. The molecule has 6 heteroatoms. The van der Waals surface area contributed by atoms with Gasteiger partial charge in [0.1, 0.15) is 0 Å². The number of carbonyl (C=O) groups is 3. The smallest absolute Gasteiger partial charge is 0.252 e. The average Bonchev–Trinajstić information content (AvgIpc) is 2.53. The highest BCUT2D eigenvalue weighted by molar-refractivity contribution is 6.04. The maximum atomic E-state index is 12.0. The summed E-state index contributed by atoms with van der Waals surface area (Å²) in [5, 5.41) is 24.1. The average molecular weight is 297 g/mol. The van der Waals surface area contributed by atoms with Crippen LogP contribution in [0.3, 0.4) is 0 Å². The first-order valence-corrected chi connectivity index (χ1v) is 6.38. The van der Waals surface area contributed by atoms with Crippen LogP contribution in [0.5, 0.6) is 0 Å². The van der Waals surface area contributed by atoms with Crippen LogP contribution in [0.1, 0.15) is 36.6 Å². The predicted octanol–water partition coefficient (Wildman–Crippen LogP) is -0.656. The summed E-state index contributed by atoms with van der Waals surface area (Å²) in [6.07, 6.45) is 0. The Morgan fingerprint density at radius 1 is 0.818 bits per heavy atom. The Bertz CT molecular complexity index is 722. The topological polar surface area (TPSA) is 109 Å². The molecule has 0 atom stereocenters. The normalized spacial score (nSPS) is 10.0. The van der Waals surface area contributed by atoms with Gasteiger partial charge in [-0.3, -0.25) is 4.79 Å². The van der Waals surface area contributed by atoms with Crippen LogP contribution in [0.25, 0.3) is 0 Å². The number of carbonyl (C=O) groups excluding carboxylic acids is 3. The van der Waals surface area contributed by atoms with E-state index in [2.05, 4.69) is 5.32 Å². The fourth-order valence-electron chi connectivity index (χ4n) is 1.90. The molecule has 2 aromatic rings. The van der Waals surface area contributed by atoms with E-state index in [0.29, 0.717) is 5.56 Å². The van der Waals surface area contributed by atoms with Crippen molar-refractivity contribution in [2.75, 3.05) is 0 Å². The van der Waals surface area contributed by atoms with E-state index in [1.165, 1.54) is 42.5 Å². The quantitative estimate of drug-likeness (QED) is 0.788. The predicted molar refractivity (Wildman–Crippen MR) is 72.7 cm³/mol. The summed E-state index contributed by atoms with van der Waals surface area (Å²) in [5.74, 6) is -3.26. The van der Waals surface area contributed by atoms with Gasteiger partial charge in [0.25, 0.3) is 5.91 Å². The molecular formula is C16H11NO5-2. The van der Waals surface area contributed by atoms with Gasteiger partial charge in [0.15, 0.2) is 0 Å². The zero-order chi connectivity index (χ0) is 16.1. The third kappa shape index (κ3) is 3.49. The van der Waals surface area contributed by atoms with Gasteiger partial charge in [-0.25, -0.2) is 0 Å². The van der Waals surface area contributed by atoms with Gasteiger partial charge in [-0.15, -0.1) is 0 Å². The van der Waals surface area contributed by atoms with E-state index in [-0.39, 0.29) is 23.2 Å². The minimum absolute atomic E-state index is 0.00820. The van der Waals surface area contributed by atoms with E-state index in [4.69, 9.17) is 0 Å². The number of hydrogen-bond donors (Lipinski definition) is 1. The van der Waals surface area contributed by atoms with Crippen molar-refractivity contribution in [2.24, 2.45) is 0 Å². The molecule has 0 saturated carbocycles. The zero-order valence-corrected chi connectivity index (χ0v) is 11.4. The molecule has 0 aliphatic heterocycles. The Balaban J connectivity index is 2.07. The third-order valence-electron chi connectivity index (χ3n) is 3.03. The fraction of sp³-hybridized carbons (Fsp3) is 0.0625. The van der Waals surface area contributed by atoms with Gasteiger partial charge >= 0.3 is 0 Å². The van der Waals surface area contributed by atoms with E-state index in [1.54, 1.807) is 6.07 Å². The second kappa shape index (κ2) is 6.53. The minimum atomic E-state index is -1.43. The highest BCUT2D eigenvalue weighted by Gasteiger charge is 2.11. The number of hydrogen-bond acceptors (Lipinski definition) is 5. The largest absolute Gasteiger partial charge is 0.545 e. The Morgan fingerprint density at radius 2 is 1.41 bits per heavy atom. The van der Waals surface area contributed by atoms with Gasteiger partial charge in [0.2, 0.25) is 0 Å². The molecule has 2 aromatic carbocycles. The molecular weight excluding hydrogens is 286 g/mol. The summed E-state index contributed by atoms with van der Waals surface area (Å²) in [6, 6.07) is 11.5. The molecule has 0 aliphatic rings. The van der Waals surface area contributed by atoms with Crippen LogP contribution < -0.4 is 15.5 Å². The summed E-state index contributed by atoms with van der Waals surface area (Å²) < 4.78 is 0. The number of benzene rings is 2. The van der Waals surface area contributed by atoms with E-state index in [9.17, 15) is 24.6 Å². The van der Waals surface area contributed by atoms with Gasteiger partial charge in [-0.05, 0) is 17.2 Å². The van der Waals surface area contributed by atoms with Gasteiger partial charge in [0, 0.05) is 17.7 Å². The first-order valence-electron chi connectivity index (χ1n) is 6.38. The highest BCUT2D eigenvalue weighted by atomic mass is 16.4. The molecule has 0 aromatic heterocycles. The lowest BCUT2D eigenvalue weighted by molar-refractivity contribution is -0.256. The summed E-state index contributed by atoms with van der Waals surface area (Å²) in [5.41, 5.74) is 0.530. The number of nitrogens with one attached hydrogen (secondary N) is 1.